The highest BCUT2D eigenvalue weighted by Gasteiger charge is 2.42. The van der Waals surface area contributed by atoms with Gasteiger partial charge in [0.05, 0.1) is 13.2 Å². The Labute approximate surface area is 222 Å². The molecule has 4 heteroatoms. The Bertz CT molecular complexity index is 1140. The smallest absolute Gasteiger partial charge is 0.414 e. The van der Waals surface area contributed by atoms with Gasteiger partial charge in [0.25, 0.3) is 0 Å². The Balaban J connectivity index is 1.22. The lowest BCUT2D eigenvalue weighted by atomic mass is 9.85. The van der Waals surface area contributed by atoms with Crippen LogP contribution in [0.5, 0.6) is 0 Å². The number of carbonyl (C=O) groups excluding carboxylic acids is 1. The number of para-hydroxylation sites is 1. The van der Waals surface area contributed by atoms with Crippen LogP contribution in [0.4, 0.5) is 10.5 Å². The molecule has 2 bridgehead atoms. The van der Waals surface area contributed by atoms with Gasteiger partial charge in [-0.1, -0.05) is 93.6 Å². The maximum absolute atomic E-state index is 13.4. The molecule has 0 N–H and O–H groups in total. The molecule has 37 heavy (non-hydrogen) atoms. The Morgan fingerprint density at radius 3 is 2.03 bits per heavy atom. The number of nitrogens with zero attached hydrogens (tertiary/aromatic N) is 2. The van der Waals surface area contributed by atoms with Crippen LogP contribution in [0, 0.1) is 17.8 Å². The van der Waals surface area contributed by atoms with Crippen molar-refractivity contribution < 1.29 is 9.53 Å². The van der Waals surface area contributed by atoms with Crippen LogP contribution in [0.2, 0.25) is 0 Å². The van der Waals surface area contributed by atoms with Crippen LogP contribution in [0.15, 0.2) is 84.9 Å². The molecule has 1 amide bonds. The first-order valence-electron chi connectivity index (χ1n) is 13.7. The predicted octanol–water partition coefficient (Wildman–Crippen LogP) is 7.29. The second-order valence-corrected chi connectivity index (χ2v) is 11.9. The SMILES string of the molecule is CC(C)(C)c1ccc(CN(C(=O)OCC2C3CCC2CN(Cc2ccccc2)C3)c2ccccc2)cc1. The number of ether oxygens (including phenoxy) is 1. The zero-order valence-corrected chi connectivity index (χ0v) is 22.5. The third-order valence-corrected chi connectivity index (χ3v) is 8.20. The first-order chi connectivity index (χ1) is 17.9. The average molecular weight is 497 g/mol. The number of fused-ring (bicyclic) bond motifs is 2. The molecule has 2 atom stereocenters. The van der Waals surface area contributed by atoms with Gasteiger partial charge in [0.15, 0.2) is 0 Å². The third kappa shape index (κ3) is 6.24. The van der Waals surface area contributed by atoms with E-state index in [1.807, 2.05) is 30.3 Å². The quantitative estimate of drug-likeness (QED) is 0.344. The Morgan fingerprint density at radius 2 is 1.43 bits per heavy atom. The minimum absolute atomic E-state index is 0.104. The van der Waals surface area contributed by atoms with Crippen LogP contribution < -0.4 is 4.90 Å². The van der Waals surface area contributed by atoms with E-state index >= 15 is 0 Å². The second kappa shape index (κ2) is 11.1. The van der Waals surface area contributed by atoms with E-state index in [0.717, 1.165) is 30.9 Å². The molecular formula is C33H40N2O2. The molecule has 2 unspecified atom stereocenters. The van der Waals surface area contributed by atoms with Gasteiger partial charge in [-0.05, 0) is 58.9 Å². The van der Waals surface area contributed by atoms with Crippen molar-refractivity contribution in [3.05, 3.63) is 102 Å². The molecule has 0 aromatic heterocycles. The van der Waals surface area contributed by atoms with E-state index in [4.69, 9.17) is 4.74 Å². The lowest BCUT2D eigenvalue weighted by Gasteiger charge is -2.38. The number of hydrogen-bond acceptors (Lipinski definition) is 3. The number of likely N-dealkylation sites (tertiary alicyclic amines) is 1. The van der Waals surface area contributed by atoms with Crippen molar-refractivity contribution in [1.29, 1.82) is 0 Å². The molecule has 0 radical (unpaired) electrons. The van der Waals surface area contributed by atoms with Gasteiger partial charge in [0, 0.05) is 31.2 Å². The number of rotatable bonds is 7. The summed E-state index contributed by atoms with van der Waals surface area (Å²) in [7, 11) is 0. The number of benzene rings is 3. The number of carbonyl (C=O) groups is 1. The highest BCUT2D eigenvalue weighted by atomic mass is 16.6. The van der Waals surface area contributed by atoms with Gasteiger partial charge in [-0.25, -0.2) is 4.79 Å². The Hall–Kier alpha value is -3.11. The van der Waals surface area contributed by atoms with Crippen molar-refractivity contribution in [2.45, 2.75) is 52.1 Å². The van der Waals surface area contributed by atoms with Crippen LogP contribution in [0.3, 0.4) is 0 Å². The Kier molecular flexibility index (Phi) is 7.66. The summed E-state index contributed by atoms with van der Waals surface area (Å²) < 4.78 is 6.05. The molecule has 4 nitrogen and oxygen atoms in total. The van der Waals surface area contributed by atoms with Crippen LogP contribution in [-0.2, 0) is 23.2 Å². The fourth-order valence-corrected chi connectivity index (χ4v) is 6.08. The summed E-state index contributed by atoms with van der Waals surface area (Å²) in [6.45, 7) is 10.9. The summed E-state index contributed by atoms with van der Waals surface area (Å²) in [5.74, 6) is 1.66. The summed E-state index contributed by atoms with van der Waals surface area (Å²) in [6, 6.07) is 29.2. The molecule has 1 heterocycles. The summed E-state index contributed by atoms with van der Waals surface area (Å²) in [5, 5.41) is 0. The van der Waals surface area contributed by atoms with Gasteiger partial charge < -0.3 is 4.74 Å². The van der Waals surface area contributed by atoms with Crippen LogP contribution >= 0.6 is 0 Å². The van der Waals surface area contributed by atoms with Crippen molar-refractivity contribution in [2.75, 3.05) is 24.6 Å². The summed E-state index contributed by atoms with van der Waals surface area (Å²) in [6.07, 6.45) is 2.22. The fraction of sp³-hybridized carbons (Fsp3) is 0.424. The zero-order chi connectivity index (χ0) is 25.8. The van der Waals surface area contributed by atoms with E-state index < -0.39 is 0 Å². The van der Waals surface area contributed by atoms with Crippen molar-refractivity contribution >= 4 is 11.8 Å². The molecule has 3 aromatic rings. The van der Waals surface area contributed by atoms with Gasteiger partial charge in [-0.3, -0.25) is 9.80 Å². The summed E-state index contributed by atoms with van der Waals surface area (Å²) >= 11 is 0. The molecule has 1 saturated carbocycles. The van der Waals surface area contributed by atoms with E-state index in [2.05, 4.69) is 80.3 Å². The lowest BCUT2D eigenvalue weighted by molar-refractivity contribution is 0.0506. The van der Waals surface area contributed by atoms with Gasteiger partial charge in [0.2, 0.25) is 0 Å². The van der Waals surface area contributed by atoms with Gasteiger partial charge >= 0.3 is 6.09 Å². The standard InChI is InChI=1S/C33H40N2O2/c1-33(2,3)29-18-14-26(15-19-29)21-35(30-12-8-5-9-13-30)32(36)37-24-31-27-16-17-28(31)23-34(22-27)20-25-10-6-4-7-11-25/h4-15,18-19,27-28,31H,16-17,20-24H2,1-3H3. The highest BCUT2D eigenvalue weighted by Crippen LogP contribution is 2.42. The van der Waals surface area contributed by atoms with Crippen LogP contribution in [-0.4, -0.2) is 30.7 Å². The molecular weight excluding hydrogens is 456 g/mol. The van der Waals surface area contributed by atoms with Gasteiger partial charge in [0.1, 0.15) is 0 Å². The maximum atomic E-state index is 13.4. The molecule has 3 aromatic carbocycles. The lowest BCUT2D eigenvalue weighted by Crippen LogP contribution is -2.43. The monoisotopic (exact) mass is 496 g/mol. The summed E-state index contributed by atoms with van der Waals surface area (Å²) in [5.41, 5.74) is 4.74. The van der Waals surface area contributed by atoms with Gasteiger partial charge in [-0.15, -0.1) is 0 Å². The first-order valence-corrected chi connectivity index (χ1v) is 13.7. The Morgan fingerprint density at radius 1 is 0.838 bits per heavy atom. The second-order valence-electron chi connectivity index (χ2n) is 11.9. The molecule has 1 aliphatic carbocycles. The van der Waals surface area contributed by atoms with E-state index in [-0.39, 0.29) is 11.5 Å². The minimum Gasteiger partial charge on any atom is -0.449 e. The van der Waals surface area contributed by atoms with Gasteiger partial charge in [-0.2, -0.15) is 0 Å². The van der Waals surface area contributed by atoms with Crippen LogP contribution in [0.25, 0.3) is 0 Å². The van der Waals surface area contributed by atoms with E-state index in [0.29, 0.717) is 30.9 Å². The highest BCUT2D eigenvalue weighted by molar-refractivity contribution is 5.87. The number of hydrogen-bond donors (Lipinski definition) is 0. The normalized spacial score (nSPS) is 21.5. The zero-order valence-electron chi connectivity index (χ0n) is 22.5. The first kappa shape index (κ1) is 25.5. The number of piperidine rings is 1. The fourth-order valence-electron chi connectivity index (χ4n) is 6.08. The van der Waals surface area contributed by atoms with Crippen molar-refractivity contribution in [2.24, 2.45) is 17.8 Å². The number of amides is 1. The van der Waals surface area contributed by atoms with Crippen molar-refractivity contribution in [3.8, 4) is 0 Å². The largest absolute Gasteiger partial charge is 0.449 e. The molecule has 1 aliphatic heterocycles. The van der Waals surface area contributed by atoms with E-state index in [1.165, 1.54) is 24.0 Å². The predicted molar refractivity (Wildman–Crippen MR) is 151 cm³/mol. The topological polar surface area (TPSA) is 32.8 Å². The molecule has 5 rings (SSSR count). The molecule has 2 aliphatic rings. The third-order valence-electron chi connectivity index (χ3n) is 8.20. The van der Waals surface area contributed by atoms with Crippen LogP contribution in [0.1, 0.15) is 50.3 Å². The molecule has 194 valence electrons. The number of anilines is 1. The van der Waals surface area contributed by atoms with E-state index in [1.54, 1.807) is 4.90 Å². The van der Waals surface area contributed by atoms with E-state index in [9.17, 15) is 4.79 Å². The average Bonchev–Trinajstić information content (AvgIpc) is 3.14. The minimum atomic E-state index is -0.253. The molecule has 2 fully saturated rings. The molecule has 0 spiro atoms. The van der Waals surface area contributed by atoms with Crippen molar-refractivity contribution in [1.82, 2.24) is 4.90 Å². The molecule has 1 saturated heterocycles. The van der Waals surface area contributed by atoms with Crippen molar-refractivity contribution in [3.63, 3.8) is 0 Å². The summed E-state index contributed by atoms with van der Waals surface area (Å²) in [4.78, 5) is 17.8. The maximum Gasteiger partial charge on any atom is 0.414 e.